The molecule has 1 N–H and O–H groups in total. The van der Waals surface area contributed by atoms with Gasteiger partial charge in [-0.25, -0.2) is 9.78 Å². The largest absolute Gasteiger partial charge is 0.465 e. The Kier molecular flexibility index (Phi) is 4.56. The number of pyridine rings is 1. The summed E-state index contributed by atoms with van der Waals surface area (Å²) in [6, 6.07) is 3.35. The van der Waals surface area contributed by atoms with Crippen molar-refractivity contribution >= 4 is 11.8 Å². The molecule has 0 aliphatic heterocycles. The summed E-state index contributed by atoms with van der Waals surface area (Å²) in [7, 11) is 2.95. The molecule has 0 atom stereocenters. The Labute approximate surface area is 88.4 Å². The molecule has 0 saturated heterocycles. The van der Waals surface area contributed by atoms with Crippen molar-refractivity contribution in [3.8, 4) is 0 Å². The lowest BCUT2D eigenvalue weighted by Crippen LogP contribution is -2.13. The molecule has 5 nitrogen and oxygen atoms in total. The number of esters is 1. The minimum atomic E-state index is -0.400. The molecule has 1 rings (SSSR count). The van der Waals surface area contributed by atoms with Crippen molar-refractivity contribution in [2.24, 2.45) is 0 Å². The maximum atomic E-state index is 11.3. The second-order valence-corrected chi connectivity index (χ2v) is 2.81. The third-order valence-corrected chi connectivity index (χ3v) is 1.81. The van der Waals surface area contributed by atoms with Crippen LogP contribution in [0, 0.1) is 0 Å². The van der Waals surface area contributed by atoms with Gasteiger partial charge >= 0.3 is 5.97 Å². The van der Waals surface area contributed by atoms with E-state index in [2.05, 4.69) is 15.0 Å². The van der Waals surface area contributed by atoms with Gasteiger partial charge in [0.25, 0.3) is 0 Å². The van der Waals surface area contributed by atoms with E-state index in [0.29, 0.717) is 24.5 Å². The van der Waals surface area contributed by atoms with Gasteiger partial charge in [-0.2, -0.15) is 0 Å². The summed E-state index contributed by atoms with van der Waals surface area (Å²) < 4.78 is 9.52. The van der Waals surface area contributed by atoms with Crippen LogP contribution in [0.4, 0.5) is 5.82 Å². The van der Waals surface area contributed by atoms with Gasteiger partial charge in [0.05, 0.1) is 13.7 Å². The number of hydrogen-bond acceptors (Lipinski definition) is 5. The second-order valence-electron chi connectivity index (χ2n) is 2.81. The molecule has 0 aromatic carbocycles. The normalized spacial score (nSPS) is 9.73. The van der Waals surface area contributed by atoms with Crippen LogP contribution < -0.4 is 5.32 Å². The summed E-state index contributed by atoms with van der Waals surface area (Å²) in [6.07, 6.45) is 1.61. The quantitative estimate of drug-likeness (QED) is 0.578. The van der Waals surface area contributed by atoms with Gasteiger partial charge in [-0.15, -0.1) is 0 Å². The van der Waals surface area contributed by atoms with E-state index in [0.717, 1.165) is 0 Å². The number of methoxy groups -OCH3 is 2. The monoisotopic (exact) mass is 210 g/mol. The molecule has 0 bridgehead atoms. The number of hydrogen-bond donors (Lipinski definition) is 1. The number of ether oxygens (including phenoxy) is 2. The van der Waals surface area contributed by atoms with Crippen molar-refractivity contribution in [1.29, 1.82) is 0 Å². The van der Waals surface area contributed by atoms with Gasteiger partial charge in [0.2, 0.25) is 0 Å². The Morgan fingerprint density at radius 2 is 2.33 bits per heavy atom. The highest BCUT2D eigenvalue weighted by Gasteiger charge is 2.11. The van der Waals surface area contributed by atoms with E-state index in [-0.39, 0.29) is 0 Å². The lowest BCUT2D eigenvalue weighted by atomic mass is 10.2. The number of nitrogens with zero attached hydrogens (tertiary/aromatic N) is 1. The number of aromatic nitrogens is 1. The lowest BCUT2D eigenvalue weighted by Gasteiger charge is -2.08. The highest BCUT2D eigenvalue weighted by molar-refractivity contribution is 5.94. The second kappa shape index (κ2) is 5.98. The Hall–Kier alpha value is -1.62. The van der Waals surface area contributed by atoms with Crippen molar-refractivity contribution in [1.82, 2.24) is 4.98 Å². The number of nitrogens with one attached hydrogen (secondary N) is 1. The van der Waals surface area contributed by atoms with E-state index in [1.54, 1.807) is 25.4 Å². The minimum Gasteiger partial charge on any atom is -0.465 e. The average Bonchev–Trinajstić information content (AvgIpc) is 2.29. The van der Waals surface area contributed by atoms with Crippen molar-refractivity contribution < 1.29 is 14.3 Å². The average molecular weight is 210 g/mol. The zero-order valence-electron chi connectivity index (χ0n) is 8.82. The van der Waals surface area contributed by atoms with Crippen LogP contribution in [0.15, 0.2) is 18.3 Å². The first-order valence-corrected chi connectivity index (χ1v) is 4.55. The lowest BCUT2D eigenvalue weighted by molar-refractivity contribution is 0.0601. The first-order chi connectivity index (χ1) is 7.29. The molecule has 15 heavy (non-hydrogen) atoms. The fraction of sp³-hybridized carbons (Fsp3) is 0.400. The molecular weight excluding hydrogens is 196 g/mol. The minimum absolute atomic E-state index is 0.400. The van der Waals surface area contributed by atoms with Crippen molar-refractivity contribution in [2.45, 2.75) is 0 Å². The van der Waals surface area contributed by atoms with Gasteiger partial charge in [0.1, 0.15) is 11.4 Å². The molecule has 1 heterocycles. The molecule has 0 saturated carbocycles. The Balaban J connectivity index is 2.73. The molecule has 0 radical (unpaired) electrons. The predicted octanol–water partition coefficient (Wildman–Crippen LogP) is 0.926. The summed E-state index contributed by atoms with van der Waals surface area (Å²) in [5.41, 5.74) is 0.427. The Bertz CT molecular complexity index is 328. The fourth-order valence-corrected chi connectivity index (χ4v) is 1.09. The van der Waals surface area contributed by atoms with Crippen LogP contribution in [0.5, 0.6) is 0 Å². The zero-order chi connectivity index (χ0) is 11.1. The summed E-state index contributed by atoms with van der Waals surface area (Å²) >= 11 is 0. The van der Waals surface area contributed by atoms with E-state index in [4.69, 9.17) is 4.74 Å². The van der Waals surface area contributed by atoms with Crippen molar-refractivity contribution in [3.63, 3.8) is 0 Å². The maximum absolute atomic E-state index is 11.3. The van der Waals surface area contributed by atoms with Crippen LogP contribution in [-0.2, 0) is 9.47 Å². The van der Waals surface area contributed by atoms with Crippen LogP contribution in [0.1, 0.15) is 10.4 Å². The van der Waals surface area contributed by atoms with Gasteiger partial charge in [0, 0.05) is 19.9 Å². The highest BCUT2D eigenvalue weighted by atomic mass is 16.5. The van der Waals surface area contributed by atoms with E-state index in [1.807, 2.05) is 0 Å². The van der Waals surface area contributed by atoms with Gasteiger partial charge in [-0.3, -0.25) is 0 Å². The molecule has 0 spiro atoms. The van der Waals surface area contributed by atoms with Crippen molar-refractivity contribution in [2.75, 3.05) is 32.7 Å². The topological polar surface area (TPSA) is 60.5 Å². The summed E-state index contributed by atoms with van der Waals surface area (Å²) in [5, 5.41) is 2.99. The maximum Gasteiger partial charge on any atom is 0.341 e. The number of carbonyl (C=O) groups excluding carboxylic acids is 1. The number of rotatable bonds is 5. The number of anilines is 1. The third kappa shape index (κ3) is 3.21. The Morgan fingerprint density at radius 3 is 3.00 bits per heavy atom. The van der Waals surface area contributed by atoms with Crippen LogP contribution in [0.3, 0.4) is 0 Å². The molecule has 0 fully saturated rings. The summed E-state index contributed by atoms with van der Waals surface area (Å²) in [4.78, 5) is 15.4. The van der Waals surface area contributed by atoms with Crippen LogP contribution in [0.25, 0.3) is 0 Å². The SMILES string of the molecule is COCCNc1ncccc1C(=O)OC. The van der Waals surface area contributed by atoms with Gasteiger partial charge in [0.15, 0.2) is 0 Å². The summed E-state index contributed by atoms with van der Waals surface area (Å²) in [6.45, 7) is 1.15. The first-order valence-electron chi connectivity index (χ1n) is 4.55. The van der Waals surface area contributed by atoms with Crippen LogP contribution >= 0.6 is 0 Å². The van der Waals surface area contributed by atoms with Gasteiger partial charge < -0.3 is 14.8 Å². The number of carbonyl (C=O) groups is 1. The molecule has 1 aromatic rings. The van der Waals surface area contributed by atoms with Crippen LogP contribution in [-0.4, -0.2) is 38.3 Å². The third-order valence-electron chi connectivity index (χ3n) is 1.81. The van der Waals surface area contributed by atoms with E-state index in [1.165, 1.54) is 7.11 Å². The van der Waals surface area contributed by atoms with Gasteiger partial charge in [-0.05, 0) is 12.1 Å². The van der Waals surface area contributed by atoms with Gasteiger partial charge in [-0.1, -0.05) is 0 Å². The Morgan fingerprint density at radius 1 is 1.53 bits per heavy atom. The standard InChI is InChI=1S/C10H14N2O3/c1-14-7-6-12-9-8(10(13)15-2)4-3-5-11-9/h3-5H,6-7H2,1-2H3,(H,11,12). The van der Waals surface area contributed by atoms with E-state index < -0.39 is 5.97 Å². The van der Waals surface area contributed by atoms with E-state index >= 15 is 0 Å². The zero-order valence-corrected chi connectivity index (χ0v) is 8.82. The fourth-order valence-electron chi connectivity index (χ4n) is 1.09. The molecular formula is C10H14N2O3. The molecule has 1 aromatic heterocycles. The van der Waals surface area contributed by atoms with Crippen molar-refractivity contribution in [3.05, 3.63) is 23.9 Å². The highest BCUT2D eigenvalue weighted by Crippen LogP contribution is 2.11. The summed E-state index contributed by atoms with van der Waals surface area (Å²) in [5.74, 6) is 0.115. The predicted molar refractivity (Wildman–Crippen MR) is 55.9 cm³/mol. The first kappa shape index (κ1) is 11.5. The molecule has 5 heteroatoms. The molecule has 0 unspecified atom stereocenters. The van der Waals surface area contributed by atoms with E-state index in [9.17, 15) is 4.79 Å². The molecule has 0 amide bonds. The van der Waals surface area contributed by atoms with Crippen LogP contribution in [0.2, 0.25) is 0 Å². The molecule has 82 valence electrons. The smallest absolute Gasteiger partial charge is 0.341 e. The molecule has 0 aliphatic rings. The molecule has 0 aliphatic carbocycles.